The van der Waals surface area contributed by atoms with Crippen molar-refractivity contribution in [2.45, 2.75) is 6.42 Å². The maximum Gasteiger partial charge on any atom is 0.278 e. The summed E-state index contributed by atoms with van der Waals surface area (Å²) in [6.45, 7) is 0.656. The summed E-state index contributed by atoms with van der Waals surface area (Å²) >= 11 is 11.9. The van der Waals surface area contributed by atoms with E-state index in [1.54, 1.807) is 23.1 Å². The number of hydrogen-bond donors (Lipinski definition) is 1. The minimum atomic E-state index is -0.150. The van der Waals surface area contributed by atoms with E-state index in [9.17, 15) is 4.79 Å². The van der Waals surface area contributed by atoms with E-state index in [1.165, 1.54) is 18.0 Å². The second-order valence-corrected chi connectivity index (χ2v) is 6.69. The van der Waals surface area contributed by atoms with Crippen LogP contribution in [0.3, 0.4) is 0 Å². The monoisotopic (exact) mass is 384 g/mol. The molecule has 0 atom stereocenters. The third-order valence-corrected chi connectivity index (χ3v) is 4.93. The van der Waals surface area contributed by atoms with Crippen molar-refractivity contribution in [1.82, 2.24) is 9.97 Å². The largest absolute Gasteiger partial charge is 0.339 e. The number of nitrogens with one attached hydrogen (secondary N) is 1. The first-order chi connectivity index (χ1) is 12.6. The highest BCUT2D eigenvalue weighted by molar-refractivity contribution is 6.42. The van der Waals surface area contributed by atoms with Crippen LogP contribution < -0.4 is 10.2 Å². The molecule has 0 saturated carbocycles. The zero-order valence-electron chi connectivity index (χ0n) is 13.6. The molecular weight excluding hydrogens is 371 g/mol. The summed E-state index contributed by atoms with van der Waals surface area (Å²) < 4.78 is 0. The number of para-hydroxylation sites is 1. The van der Waals surface area contributed by atoms with Gasteiger partial charge in [0.05, 0.1) is 22.4 Å². The average molecular weight is 385 g/mol. The summed E-state index contributed by atoms with van der Waals surface area (Å²) in [5.41, 5.74) is 3.16. The van der Waals surface area contributed by atoms with Gasteiger partial charge in [-0.1, -0.05) is 41.4 Å². The van der Waals surface area contributed by atoms with E-state index in [4.69, 9.17) is 23.2 Å². The van der Waals surface area contributed by atoms with Crippen LogP contribution in [0.5, 0.6) is 0 Å². The number of anilines is 3. The number of rotatable bonds is 3. The van der Waals surface area contributed by atoms with Crippen LogP contribution in [0.1, 0.15) is 16.1 Å². The van der Waals surface area contributed by atoms with E-state index in [1.807, 2.05) is 24.3 Å². The van der Waals surface area contributed by atoms with Crippen LogP contribution in [-0.2, 0) is 6.42 Å². The first kappa shape index (κ1) is 16.8. The number of fused-ring (bicyclic) bond motifs is 1. The second kappa shape index (κ2) is 6.94. The molecule has 0 unspecified atom stereocenters. The fourth-order valence-electron chi connectivity index (χ4n) is 2.91. The highest BCUT2D eigenvalue weighted by atomic mass is 35.5. The summed E-state index contributed by atoms with van der Waals surface area (Å²) in [5, 5.41) is 4.01. The smallest absolute Gasteiger partial charge is 0.278 e. The van der Waals surface area contributed by atoms with Gasteiger partial charge in [-0.15, -0.1) is 0 Å². The second-order valence-electron chi connectivity index (χ2n) is 5.88. The molecule has 0 saturated heterocycles. The molecule has 2 heterocycles. The summed E-state index contributed by atoms with van der Waals surface area (Å²) in [7, 11) is 0. The molecule has 1 aliphatic rings. The summed E-state index contributed by atoms with van der Waals surface area (Å²) in [4.78, 5) is 23.0. The van der Waals surface area contributed by atoms with Gasteiger partial charge in [0, 0.05) is 17.9 Å². The predicted molar refractivity (Wildman–Crippen MR) is 104 cm³/mol. The molecule has 7 heteroatoms. The first-order valence-corrected chi connectivity index (χ1v) is 8.81. The van der Waals surface area contributed by atoms with E-state index in [0.29, 0.717) is 28.1 Å². The molecule has 0 radical (unpaired) electrons. The topological polar surface area (TPSA) is 58.1 Å². The van der Waals surface area contributed by atoms with Gasteiger partial charge in [0.1, 0.15) is 11.5 Å². The SMILES string of the molecule is O=C(c1cnc(Nc2ccc(Cl)c(Cl)c2)cn1)N1CCc2ccccc21. The van der Waals surface area contributed by atoms with Gasteiger partial charge in [-0.2, -0.15) is 0 Å². The number of amides is 1. The van der Waals surface area contributed by atoms with Crippen molar-refractivity contribution < 1.29 is 4.79 Å². The van der Waals surface area contributed by atoms with Crippen LogP contribution in [0.15, 0.2) is 54.9 Å². The van der Waals surface area contributed by atoms with Crippen LogP contribution in [0, 0.1) is 0 Å². The fraction of sp³-hybridized carbons (Fsp3) is 0.105. The molecule has 0 fully saturated rings. The Balaban J connectivity index is 1.51. The lowest BCUT2D eigenvalue weighted by Crippen LogP contribution is -2.29. The van der Waals surface area contributed by atoms with E-state index in [2.05, 4.69) is 15.3 Å². The molecule has 0 spiro atoms. The lowest BCUT2D eigenvalue weighted by molar-refractivity contribution is 0.0984. The van der Waals surface area contributed by atoms with Gasteiger partial charge in [0.15, 0.2) is 0 Å². The maximum absolute atomic E-state index is 12.7. The van der Waals surface area contributed by atoms with Crippen LogP contribution in [0.2, 0.25) is 10.0 Å². The molecule has 5 nitrogen and oxygen atoms in total. The summed E-state index contributed by atoms with van der Waals surface area (Å²) in [5.74, 6) is 0.366. The van der Waals surface area contributed by atoms with Gasteiger partial charge < -0.3 is 10.2 Å². The van der Waals surface area contributed by atoms with Gasteiger partial charge >= 0.3 is 0 Å². The van der Waals surface area contributed by atoms with Gasteiger partial charge in [0.2, 0.25) is 0 Å². The Labute approximate surface area is 160 Å². The van der Waals surface area contributed by atoms with Crippen LogP contribution >= 0.6 is 23.2 Å². The lowest BCUT2D eigenvalue weighted by Gasteiger charge is -2.16. The van der Waals surface area contributed by atoms with Crippen molar-refractivity contribution in [1.29, 1.82) is 0 Å². The average Bonchev–Trinajstić information content (AvgIpc) is 3.09. The Hall–Kier alpha value is -2.63. The van der Waals surface area contributed by atoms with Crippen LogP contribution in [0.25, 0.3) is 0 Å². The molecule has 4 rings (SSSR count). The highest BCUT2D eigenvalue weighted by Crippen LogP contribution is 2.29. The first-order valence-electron chi connectivity index (χ1n) is 8.06. The molecule has 1 aromatic heterocycles. The number of hydrogen-bond acceptors (Lipinski definition) is 4. The number of carbonyl (C=O) groups excluding carboxylic acids is 1. The fourth-order valence-corrected chi connectivity index (χ4v) is 3.21. The molecule has 130 valence electrons. The summed E-state index contributed by atoms with van der Waals surface area (Å²) in [6.07, 6.45) is 3.85. The van der Waals surface area contributed by atoms with Gasteiger partial charge in [-0.3, -0.25) is 4.79 Å². The van der Waals surface area contributed by atoms with E-state index < -0.39 is 0 Å². The Morgan fingerprint density at radius 2 is 1.88 bits per heavy atom. The Kier molecular flexibility index (Phi) is 4.49. The van der Waals surface area contributed by atoms with Crippen molar-refractivity contribution in [2.75, 3.05) is 16.8 Å². The Morgan fingerprint density at radius 3 is 2.65 bits per heavy atom. The van der Waals surface area contributed by atoms with E-state index in [0.717, 1.165) is 17.8 Å². The zero-order valence-corrected chi connectivity index (χ0v) is 15.1. The van der Waals surface area contributed by atoms with Crippen molar-refractivity contribution in [2.24, 2.45) is 0 Å². The third kappa shape index (κ3) is 3.23. The molecule has 3 aromatic rings. The minimum absolute atomic E-state index is 0.150. The Bertz CT molecular complexity index is 976. The van der Waals surface area contributed by atoms with Gasteiger partial charge in [-0.05, 0) is 36.2 Å². The molecule has 0 aliphatic carbocycles. The van der Waals surface area contributed by atoms with Crippen LogP contribution in [-0.4, -0.2) is 22.4 Å². The number of carbonyl (C=O) groups is 1. The van der Waals surface area contributed by atoms with Crippen molar-refractivity contribution in [3.8, 4) is 0 Å². The molecule has 1 amide bonds. The number of nitrogens with zero attached hydrogens (tertiary/aromatic N) is 3. The van der Waals surface area contributed by atoms with Crippen molar-refractivity contribution in [3.05, 3.63) is 76.2 Å². The summed E-state index contributed by atoms with van der Waals surface area (Å²) in [6, 6.07) is 13.1. The molecule has 1 N–H and O–H groups in total. The molecule has 26 heavy (non-hydrogen) atoms. The quantitative estimate of drug-likeness (QED) is 0.708. The predicted octanol–water partition coefficient (Wildman–Crippen LogP) is 4.73. The molecule has 2 aromatic carbocycles. The standard InChI is InChI=1S/C19H14Cl2N4O/c20-14-6-5-13(9-15(14)21)24-18-11-22-16(10-23-18)19(26)25-8-7-12-3-1-2-4-17(12)25/h1-6,9-11H,7-8H2,(H,23,24). The zero-order chi connectivity index (χ0) is 18.1. The van der Waals surface area contributed by atoms with Crippen molar-refractivity contribution >= 4 is 46.3 Å². The van der Waals surface area contributed by atoms with E-state index >= 15 is 0 Å². The normalized spacial score (nSPS) is 12.8. The lowest BCUT2D eigenvalue weighted by atomic mass is 10.2. The molecular formula is C19H14Cl2N4O. The highest BCUT2D eigenvalue weighted by Gasteiger charge is 2.26. The van der Waals surface area contributed by atoms with Crippen LogP contribution in [0.4, 0.5) is 17.2 Å². The van der Waals surface area contributed by atoms with Crippen molar-refractivity contribution in [3.63, 3.8) is 0 Å². The minimum Gasteiger partial charge on any atom is -0.339 e. The molecule has 1 aliphatic heterocycles. The van der Waals surface area contributed by atoms with Gasteiger partial charge in [-0.25, -0.2) is 9.97 Å². The third-order valence-electron chi connectivity index (χ3n) is 4.20. The Morgan fingerprint density at radius 1 is 1.04 bits per heavy atom. The number of halogens is 2. The van der Waals surface area contributed by atoms with E-state index in [-0.39, 0.29) is 5.91 Å². The molecule has 0 bridgehead atoms. The number of aromatic nitrogens is 2. The number of benzene rings is 2. The van der Waals surface area contributed by atoms with Gasteiger partial charge in [0.25, 0.3) is 5.91 Å². The maximum atomic E-state index is 12.7.